The molecular formula is C12H22N4. The third-order valence-electron chi connectivity index (χ3n) is 1.88. The molecule has 0 amide bonds. The van der Waals surface area contributed by atoms with Gasteiger partial charge in [0.15, 0.2) is 5.84 Å². The molecule has 4 heteroatoms. The Morgan fingerprint density at radius 2 is 2.06 bits per heavy atom. The van der Waals surface area contributed by atoms with E-state index in [0.29, 0.717) is 11.5 Å². The first-order valence-electron chi connectivity index (χ1n) is 5.64. The van der Waals surface area contributed by atoms with E-state index in [1.807, 2.05) is 46.9 Å². The SMILES string of the molecule is CC.CCNN(C)C(=N)c1ccc(C)cn1. The highest BCUT2D eigenvalue weighted by Crippen LogP contribution is 2.00. The van der Waals surface area contributed by atoms with E-state index in [0.717, 1.165) is 12.1 Å². The molecule has 0 aliphatic carbocycles. The van der Waals surface area contributed by atoms with Crippen molar-refractivity contribution in [3.05, 3.63) is 29.6 Å². The standard InChI is InChI=1S/C10H16N4.C2H6/c1-4-13-14(3)10(11)9-6-5-8(2)7-12-9;1-2/h5-7,11,13H,4H2,1-3H3;1-2H3. The van der Waals surface area contributed by atoms with Crippen molar-refractivity contribution in [3.8, 4) is 0 Å². The van der Waals surface area contributed by atoms with Crippen LogP contribution >= 0.6 is 0 Å². The van der Waals surface area contributed by atoms with Gasteiger partial charge in [-0.25, -0.2) is 5.43 Å². The summed E-state index contributed by atoms with van der Waals surface area (Å²) in [6.45, 7) is 8.77. The number of aryl methyl sites for hydroxylation is 1. The number of nitrogens with one attached hydrogen (secondary N) is 2. The molecular weight excluding hydrogens is 200 g/mol. The number of rotatable bonds is 3. The predicted octanol–water partition coefficient (Wildman–Crippen LogP) is 2.20. The summed E-state index contributed by atoms with van der Waals surface area (Å²) in [5.74, 6) is 0.381. The van der Waals surface area contributed by atoms with E-state index in [4.69, 9.17) is 5.41 Å². The fourth-order valence-corrected chi connectivity index (χ4v) is 1.10. The van der Waals surface area contributed by atoms with E-state index in [9.17, 15) is 0 Å². The van der Waals surface area contributed by atoms with Gasteiger partial charge in [-0.05, 0) is 18.6 Å². The van der Waals surface area contributed by atoms with Gasteiger partial charge in [-0.3, -0.25) is 15.4 Å². The quantitative estimate of drug-likeness (QED) is 0.468. The minimum absolute atomic E-state index is 0.381. The summed E-state index contributed by atoms with van der Waals surface area (Å²) in [4.78, 5) is 4.18. The van der Waals surface area contributed by atoms with Gasteiger partial charge in [-0.1, -0.05) is 26.8 Å². The summed E-state index contributed by atoms with van der Waals surface area (Å²) in [6, 6.07) is 3.81. The van der Waals surface area contributed by atoms with Crippen molar-refractivity contribution in [1.82, 2.24) is 15.4 Å². The second kappa shape index (κ2) is 7.82. The maximum Gasteiger partial charge on any atom is 0.161 e. The average molecular weight is 222 g/mol. The van der Waals surface area contributed by atoms with Crippen LogP contribution in [0.25, 0.3) is 0 Å². The van der Waals surface area contributed by atoms with E-state index in [1.165, 1.54) is 0 Å². The Hall–Kier alpha value is -1.42. The van der Waals surface area contributed by atoms with E-state index >= 15 is 0 Å². The Bertz CT molecular complexity index is 305. The molecule has 90 valence electrons. The molecule has 4 nitrogen and oxygen atoms in total. The lowest BCUT2D eigenvalue weighted by atomic mass is 10.2. The van der Waals surface area contributed by atoms with Gasteiger partial charge in [-0.2, -0.15) is 0 Å². The van der Waals surface area contributed by atoms with Gasteiger partial charge in [0.2, 0.25) is 0 Å². The third-order valence-corrected chi connectivity index (χ3v) is 1.88. The minimum atomic E-state index is 0.381. The molecule has 0 saturated heterocycles. The van der Waals surface area contributed by atoms with Crippen molar-refractivity contribution in [3.63, 3.8) is 0 Å². The molecule has 0 spiro atoms. The zero-order valence-corrected chi connectivity index (χ0v) is 10.8. The fourth-order valence-electron chi connectivity index (χ4n) is 1.10. The van der Waals surface area contributed by atoms with Gasteiger partial charge < -0.3 is 0 Å². The molecule has 1 aromatic rings. The van der Waals surface area contributed by atoms with Crippen molar-refractivity contribution in [1.29, 1.82) is 5.41 Å². The Labute approximate surface area is 98.2 Å². The van der Waals surface area contributed by atoms with Crippen molar-refractivity contribution in [2.45, 2.75) is 27.7 Å². The number of hydrazine groups is 1. The summed E-state index contributed by atoms with van der Waals surface area (Å²) in [5.41, 5.74) is 4.81. The van der Waals surface area contributed by atoms with E-state index in [-0.39, 0.29) is 0 Å². The van der Waals surface area contributed by atoms with Crippen LogP contribution in [0.4, 0.5) is 0 Å². The molecule has 2 N–H and O–H groups in total. The largest absolute Gasteiger partial charge is 0.294 e. The number of hydrogen-bond donors (Lipinski definition) is 2. The van der Waals surface area contributed by atoms with Crippen molar-refractivity contribution < 1.29 is 0 Å². The molecule has 16 heavy (non-hydrogen) atoms. The Kier molecular flexibility index (Phi) is 7.12. The molecule has 0 atom stereocenters. The lowest BCUT2D eigenvalue weighted by Gasteiger charge is -2.19. The first-order valence-corrected chi connectivity index (χ1v) is 5.64. The van der Waals surface area contributed by atoms with E-state index in [1.54, 1.807) is 11.2 Å². The fraction of sp³-hybridized carbons (Fsp3) is 0.500. The van der Waals surface area contributed by atoms with Crippen LogP contribution in [-0.4, -0.2) is 29.4 Å². The van der Waals surface area contributed by atoms with Crippen LogP contribution in [0.15, 0.2) is 18.3 Å². The van der Waals surface area contributed by atoms with Crippen molar-refractivity contribution >= 4 is 5.84 Å². The van der Waals surface area contributed by atoms with Crippen molar-refractivity contribution in [2.75, 3.05) is 13.6 Å². The normalized spacial score (nSPS) is 9.06. The highest BCUT2D eigenvalue weighted by atomic mass is 15.5. The van der Waals surface area contributed by atoms with Crippen LogP contribution < -0.4 is 5.43 Å². The van der Waals surface area contributed by atoms with Crippen LogP contribution in [0.3, 0.4) is 0 Å². The van der Waals surface area contributed by atoms with Crippen molar-refractivity contribution in [2.24, 2.45) is 0 Å². The summed E-state index contributed by atoms with van der Waals surface area (Å²) >= 11 is 0. The molecule has 1 heterocycles. The van der Waals surface area contributed by atoms with Gasteiger partial charge in [0, 0.05) is 19.8 Å². The number of amidine groups is 1. The van der Waals surface area contributed by atoms with E-state index in [2.05, 4.69) is 10.4 Å². The van der Waals surface area contributed by atoms with E-state index < -0.39 is 0 Å². The lowest BCUT2D eigenvalue weighted by molar-refractivity contribution is 0.376. The molecule has 0 saturated carbocycles. The molecule has 1 aromatic heterocycles. The molecule has 0 bridgehead atoms. The second-order valence-corrected chi connectivity index (χ2v) is 3.14. The van der Waals surface area contributed by atoms with Gasteiger partial charge in [0.25, 0.3) is 0 Å². The average Bonchev–Trinajstić information content (AvgIpc) is 2.32. The van der Waals surface area contributed by atoms with Gasteiger partial charge >= 0.3 is 0 Å². The molecule has 0 aliphatic rings. The predicted molar refractivity (Wildman–Crippen MR) is 68.6 cm³/mol. The van der Waals surface area contributed by atoms with Crippen LogP contribution in [0.1, 0.15) is 32.0 Å². The van der Waals surface area contributed by atoms with Crippen LogP contribution in [0.2, 0.25) is 0 Å². The summed E-state index contributed by atoms with van der Waals surface area (Å²) < 4.78 is 0. The monoisotopic (exact) mass is 222 g/mol. The molecule has 1 rings (SSSR count). The zero-order chi connectivity index (χ0) is 12.6. The maximum atomic E-state index is 7.81. The van der Waals surface area contributed by atoms with Gasteiger partial charge in [0.05, 0.1) is 0 Å². The Balaban J connectivity index is 0.00000106. The smallest absolute Gasteiger partial charge is 0.161 e. The first-order chi connectivity index (χ1) is 7.65. The number of pyridine rings is 1. The van der Waals surface area contributed by atoms with Crippen LogP contribution in [-0.2, 0) is 0 Å². The Morgan fingerprint density at radius 3 is 2.50 bits per heavy atom. The molecule has 0 aromatic carbocycles. The topological polar surface area (TPSA) is 52.0 Å². The number of aromatic nitrogens is 1. The minimum Gasteiger partial charge on any atom is -0.294 e. The molecule has 0 aliphatic heterocycles. The first kappa shape index (κ1) is 14.6. The van der Waals surface area contributed by atoms with Gasteiger partial charge in [-0.15, -0.1) is 0 Å². The highest BCUT2D eigenvalue weighted by Gasteiger charge is 2.06. The Morgan fingerprint density at radius 1 is 1.44 bits per heavy atom. The summed E-state index contributed by atoms with van der Waals surface area (Å²) in [7, 11) is 1.81. The molecule has 0 unspecified atom stereocenters. The highest BCUT2D eigenvalue weighted by molar-refractivity contribution is 5.93. The van der Waals surface area contributed by atoms with Crippen LogP contribution in [0.5, 0.6) is 0 Å². The summed E-state index contributed by atoms with van der Waals surface area (Å²) in [6.07, 6.45) is 1.77. The van der Waals surface area contributed by atoms with Gasteiger partial charge in [0.1, 0.15) is 5.69 Å². The number of hydrogen-bond acceptors (Lipinski definition) is 3. The summed E-state index contributed by atoms with van der Waals surface area (Å²) in [5, 5.41) is 9.47. The molecule has 0 fully saturated rings. The number of nitrogens with zero attached hydrogens (tertiary/aromatic N) is 2. The maximum absolute atomic E-state index is 7.81. The molecule has 0 radical (unpaired) electrons. The zero-order valence-electron chi connectivity index (χ0n) is 10.8. The third kappa shape index (κ3) is 4.40. The van der Waals surface area contributed by atoms with Crippen LogP contribution in [0, 0.1) is 12.3 Å². The second-order valence-electron chi connectivity index (χ2n) is 3.14. The lowest BCUT2D eigenvalue weighted by Crippen LogP contribution is -2.39.